The molecule has 1 rings (SSSR count). The average molecular weight is 243 g/mol. The minimum Gasteiger partial charge on any atom is -0.468 e. The van der Waals surface area contributed by atoms with E-state index in [1.165, 1.54) is 14.2 Å². The van der Waals surface area contributed by atoms with Crippen LogP contribution in [0.15, 0.2) is 18.2 Å². The van der Waals surface area contributed by atoms with Crippen LogP contribution in [0.25, 0.3) is 0 Å². The molecule has 0 aliphatic rings. The van der Waals surface area contributed by atoms with Gasteiger partial charge >= 0.3 is 5.97 Å². The SMILES string of the molecule is COC(=O)CN(C)C(=O)c1ccc(F)cc1F. The van der Waals surface area contributed by atoms with Gasteiger partial charge in [-0.1, -0.05) is 0 Å². The summed E-state index contributed by atoms with van der Waals surface area (Å²) in [5, 5.41) is 0. The summed E-state index contributed by atoms with van der Waals surface area (Å²) >= 11 is 0. The average Bonchev–Trinajstić information content (AvgIpc) is 2.28. The summed E-state index contributed by atoms with van der Waals surface area (Å²) in [6.45, 7) is -0.299. The van der Waals surface area contributed by atoms with E-state index < -0.39 is 23.5 Å². The second kappa shape index (κ2) is 5.38. The van der Waals surface area contributed by atoms with Crippen molar-refractivity contribution in [3.8, 4) is 0 Å². The van der Waals surface area contributed by atoms with E-state index in [4.69, 9.17) is 0 Å². The second-order valence-corrected chi connectivity index (χ2v) is 3.36. The third kappa shape index (κ3) is 3.24. The van der Waals surface area contributed by atoms with E-state index in [0.29, 0.717) is 6.07 Å². The first-order chi connectivity index (χ1) is 7.95. The number of amides is 1. The Labute approximate surface area is 96.8 Å². The van der Waals surface area contributed by atoms with Gasteiger partial charge in [-0.3, -0.25) is 9.59 Å². The summed E-state index contributed by atoms with van der Waals surface area (Å²) in [5.74, 6) is -3.07. The van der Waals surface area contributed by atoms with Crippen molar-refractivity contribution in [3.63, 3.8) is 0 Å². The van der Waals surface area contributed by atoms with Gasteiger partial charge in [-0.2, -0.15) is 0 Å². The van der Waals surface area contributed by atoms with Gasteiger partial charge in [-0.25, -0.2) is 8.78 Å². The van der Waals surface area contributed by atoms with Crippen molar-refractivity contribution in [1.29, 1.82) is 0 Å². The van der Waals surface area contributed by atoms with Gasteiger partial charge in [0.05, 0.1) is 12.7 Å². The molecule has 0 aliphatic heterocycles. The first kappa shape index (κ1) is 13.1. The molecule has 0 bridgehead atoms. The van der Waals surface area contributed by atoms with Crippen LogP contribution in [0.2, 0.25) is 0 Å². The summed E-state index contributed by atoms with van der Waals surface area (Å²) in [6.07, 6.45) is 0. The summed E-state index contributed by atoms with van der Waals surface area (Å²) in [4.78, 5) is 23.6. The van der Waals surface area contributed by atoms with E-state index in [0.717, 1.165) is 17.0 Å². The topological polar surface area (TPSA) is 46.6 Å². The van der Waals surface area contributed by atoms with Gasteiger partial charge in [-0.05, 0) is 12.1 Å². The van der Waals surface area contributed by atoms with Gasteiger partial charge in [0, 0.05) is 13.1 Å². The minimum absolute atomic E-state index is 0.294. The van der Waals surface area contributed by atoms with E-state index >= 15 is 0 Å². The smallest absolute Gasteiger partial charge is 0.325 e. The Morgan fingerprint density at radius 1 is 1.35 bits per heavy atom. The molecule has 0 atom stereocenters. The Kier molecular flexibility index (Phi) is 4.14. The zero-order chi connectivity index (χ0) is 13.0. The normalized spacial score (nSPS) is 9.88. The number of carbonyl (C=O) groups excluding carboxylic acids is 2. The predicted octanol–water partition coefficient (Wildman–Crippen LogP) is 1.21. The van der Waals surface area contributed by atoms with Crippen LogP contribution in [0.4, 0.5) is 8.78 Å². The summed E-state index contributed by atoms with van der Waals surface area (Å²) in [7, 11) is 2.50. The molecule has 0 radical (unpaired) electrons. The van der Waals surface area contributed by atoms with Crippen LogP contribution in [-0.4, -0.2) is 37.5 Å². The molecule has 0 saturated heterocycles. The van der Waals surface area contributed by atoms with Crippen LogP contribution in [0.3, 0.4) is 0 Å². The van der Waals surface area contributed by atoms with Crippen molar-refractivity contribution in [3.05, 3.63) is 35.4 Å². The lowest BCUT2D eigenvalue weighted by Gasteiger charge is -2.15. The van der Waals surface area contributed by atoms with Gasteiger partial charge in [-0.15, -0.1) is 0 Å². The van der Waals surface area contributed by atoms with Crippen molar-refractivity contribution in [1.82, 2.24) is 4.90 Å². The second-order valence-electron chi connectivity index (χ2n) is 3.36. The highest BCUT2D eigenvalue weighted by Crippen LogP contribution is 2.11. The molecule has 92 valence electrons. The minimum atomic E-state index is -0.966. The third-order valence-electron chi connectivity index (χ3n) is 2.10. The van der Waals surface area contributed by atoms with E-state index in [9.17, 15) is 18.4 Å². The molecule has 0 fully saturated rings. The molecule has 0 unspecified atom stereocenters. The molecule has 0 saturated carbocycles. The Balaban J connectivity index is 2.85. The zero-order valence-electron chi connectivity index (χ0n) is 9.37. The molecule has 0 spiro atoms. The number of hydrogen-bond acceptors (Lipinski definition) is 3. The lowest BCUT2D eigenvalue weighted by molar-refractivity contribution is -0.141. The molecule has 1 aromatic carbocycles. The lowest BCUT2D eigenvalue weighted by Crippen LogP contribution is -2.33. The van der Waals surface area contributed by atoms with Crippen molar-refractivity contribution in [2.24, 2.45) is 0 Å². The van der Waals surface area contributed by atoms with Crippen LogP contribution in [-0.2, 0) is 9.53 Å². The lowest BCUT2D eigenvalue weighted by atomic mass is 10.2. The van der Waals surface area contributed by atoms with E-state index in [1.54, 1.807) is 0 Å². The molecule has 6 heteroatoms. The highest BCUT2D eigenvalue weighted by molar-refractivity contribution is 5.96. The Morgan fingerprint density at radius 2 is 2.00 bits per heavy atom. The Hall–Kier alpha value is -1.98. The number of benzene rings is 1. The number of ether oxygens (including phenoxy) is 1. The summed E-state index contributed by atoms with van der Waals surface area (Å²) in [6, 6.07) is 2.61. The summed E-state index contributed by atoms with van der Waals surface area (Å²) < 4.78 is 30.3. The van der Waals surface area contributed by atoms with E-state index in [-0.39, 0.29) is 12.1 Å². The molecule has 4 nitrogen and oxygen atoms in total. The van der Waals surface area contributed by atoms with Crippen LogP contribution in [0.1, 0.15) is 10.4 Å². The molecule has 0 aliphatic carbocycles. The van der Waals surface area contributed by atoms with Crippen LogP contribution in [0, 0.1) is 11.6 Å². The number of methoxy groups -OCH3 is 1. The molecule has 17 heavy (non-hydrogen) atoms. The van der Waals surface area contributed by atoms with Crippen molar-refractivity contribution in [2.75, 3.05) is 20.7 Å². The third-order valence-corrected chi connectivity index (χ3v) is 2.10. The zero-order valence-corrected chi connectivity index (χ0v) is 9.37. The molecule has 1 amide bonds. The maximum Gasteiger partial charge on any atom is 0.325 e. The predicted molar refractivity (Wildman–Crippen MR) is 55.3 cm³/mol. The number of halogens is 2. The fourth-order valence-corrected chi connectivity index (χ4v) is 1.20. The first-order valence-corrected chi connectivity index (χ1v) is 4.73. The number of esters is 1. The summed E-state index contributed by atoms with van der Waals surface area (Å²) in [5.41, 5.74) is -0.294. The molecular formula is C11H11F2NO3. The van der Waals surface area contributed by atoms with Crippen LogP contribution < -0.4 is 0 Å². The quantitative estimate of drug-likeness (QED) is 0.750. The largest absolute Gasteiger partial charge is 0.468 e. The van der Waals surface area contributed by atoms with E-state index in [2.05, 4.69) is 4.74 Å². The molecular weight excluding hydrogens is 232 g/mol. The number of likely N-dealkylation sites (N-methyl/N-ethyl adjacent to an activating group) is 1. The fraction of sp³-hybridized carbons (Fsp3) is 0.273. The standard InChI is InChI=1S/C11H11F2NO3/c1-14(6-10(15)17-2)11(16)8-4-3-7(12)5-9(8)13/h3-5H,6H2,1-2H3. The number of rotatable bonds is 3. The highest BCUT2D eigenvalue weighted by atomic mass is 19.1. The monoisotopic (exact) mass is 243 g/mol. The van der Waals surface area contributed by atoms with Gasteiger partial charge in [0.15, 0.2) is 0 Å². The number of carbonyl (C=O) groups is 2. The van der Waals surface area contributed by atoms with Crippen LogP contribution in [0.5, 0.6) is 0 Å². The molecule has 1 aromatic rings. The Morgan fingerprint density at radius 3 is 2.53 bits per heavy atom. The van der Waals surface area contributed by atoms with Gasteiger partial charge in [0.1, 0.15) is 18.2 Å². The molecule has 0 aromatic heterocycles. The van der Waals surface area contributed by atoms with Crippen LogP contribution >= 0.6 is 0 Å². The van der Waals surface area contributed by atoms with E-state index in [1.807, 2.05) is 0 Å². The van der Waals surface area contributed by atoms with Crippen molar-refractivity contribution < 1.29 is 23.1 Å². The number of nitrogens with zero attached hydrogens (tertiary/aromatic N) is 1. The number of hydrogen-bond donors (Lipinski definition) is 0. The van der Waals surface area contributed by atoms with Gasteiger partial charge in [0.2, 0.25) is 0 Å². The maximum atomic E-state index is 13.3. The Bertz CT molecular complexity index is 448. The van der Waals surface area contributed by atoms with Gasteiger partial charge < -0.3 is 9.64 Å². The molecule has 0 heterocycles. The van der Waals surface area contributed by atoms with Crippen molar-refractivity contribution >= 4 is 11.9 Å². The molecule has 0 N–H and O–H groups in total. The highest BCUT2D eigenvalue weighted by Gasteiger charge is 2.18. The fourth-order valence-electron chi connectivity index (χ4n) is 1.20. The first-order valence-electron chi connectivity index (χ1n) is 4.73. The van der Waals surface area contributed by atoms with Crippen molar-refractivity contribution in [2.45, 2.75) is 0 Å². The maximum absolute atomic E-state index is 13.3. The van der Waals surface area contributed by atoms with Gasteiger partial charge in [0.25, 0.3) is 5.91 Å².